The summed E-state index contributed by atoms with van der Waals surface area (Å²) in [6.45, 7) is 1.77. The minimum atomic E-state index is -0.340. The lowest BCUT2D eigenvalue weighted by molar-refractivity contribution is -0.141. The Kier molecular flexibility index (Phi) is 6.11. The molecule has 1 unspecified atom stereocenters. The molecular formula is C18H19NO3S. The van der Waals surface area contributed by atoms with Crippen molar-refractivity contribution in [2.75, 3.05) is 7.11 Å². The molecule has 1 N–H and O–H groups in total. The third-order valence-corrected chi connectivity index (χ3v) is 4.27. The maximum absolute atomic E-state index is 11.8. The summed E-state index contributed by atoms with van der Waals surface area (Å²) in [5.41, 5.74) is 1.16. The number of benzene rings is 1. The number of rotatable bonds is 6. The molecule has 1 amide bonds. The second-order valence-electron chi connectivity index (χ2n) is 5.09. The third kappa shape index (κ3) is 5.38. The van der Waals surface area contributed by atoms with Crippen LogP contribution < -0.4 is 5.32 Å². The fourth-order valence-electron chi connectivity index (χ4n) is 2.03. The first-order valence-electron chi connectivity index (χ1n) is 7.29. The molecule has 23 heavy (non-hydrogen) atoms. The van der Waals surface area contributed by atoms with E-state index in [2.05, 4.69) is 22.2 Å². The van der Waals surface area contributed by atoms with Crippen molar-refractivity contribution >= 4 is 29.3 Å². The summed E-state index contributed by atoms with van der Waals surface area (Å²) >= 11 is 1.62. The highest BCUT2D eigenvalue weighted by atomic mass is 32.1. The number of hydrogen-bond donors (Lipinski definition) is 1. The lowest BCUT2D eigenvalue weighted by Gasteiger charge is -2.10. The summed E-state index contributed by atoms with van der Waals surface area (Å²) in [5.74, 6) is -0.566. The van der Waals surface area contributed by atoms with E-state index in [9.17, 15) is 9.59 Å². The molecule has 0 aliphatic rings. The molecule has 1 heterocycles. The van der Waals surface area contributed by atoms with Crippen molar-refractivity contribution in [3.63, 3.8) is 0 Å². The van der Waals surface area contributed by atoms with Crippen LogP contribution in [0.1, 0.15) is 18.2 Å². The summed E-state index contributed by atoms with van der Waals surface area (Å²) in [6.07, 6.45) is 3.42. The van der Waals surface area contributed by atoms with Gasteiger partial charge in [0.05, 0.1) is 13.5 Å². The van der Waals surface area contributed by atoms with Crippen molar-refractivity contribution in [3.8, 4) is 10.4 Å². The molecule has 0 spiro atoms. The molecule has 1 aromatic heterocycles. The number of amides is 1. The summed E-state index contributed by atoms with van der Waals surface area (Å²) in [6, 6.07) is 13.9. The van der Waals surface area contributed by atoms with Gasteiger partial charge in [-0.05, 0) is 30.7 Å². The van der Waals surface area contributed by atoms with E-state index in [0.717, 1.165) is 15.3 Å². The van der Waals surface area contributed by atoms with Crippen LogP contribution in [-0.4, -0.2) is 25.0 Å². The van der Waals surface area contributed by atoms with Gasteiger partial charge in [-0.1, -0.05) is 30.3 Å². The summed E-state index contributed by atoms with van der Waals surface area (Å²) in [7, 11) is 1.33. The molecule has 0 radical (unpaired) electrons. The largest absolute Gasteiger partial charge is 0.469 e. The smallest absolute Gasteiger partial charge is 0.307 e. The third-order valence-electron chi connectivity index (χ3n) is 3.17. The molecule has 5 heteroatoms. The Balaban J connectivity index is 1.92. The van der Waals surface area contributed by atoms with Gasteiger partial charge < -0.3 is 10.1 Å². The van der Waals surface area contributed by atoms with E-state index in [1.165, 1.54) is 13.2 Å². The second-order valence-corrected chi connectivity index (χ2v) is 6.21. The number of methoxy groups -OCH3 is 1. The van der Waals surface area contributed by atoms with Gasteiger partial charge in [-0.3, -0.25) is 9.59 Å². The summed E-state index contributed by atoms with van der Waals surface area (Å²) in [5, 5.41) is 2.73. The highest BCUT2D eigenvalue weighted by molar-refractivity contribution is 7.16. The van der Waals surface area contributed by atoms with Crippen LogP contribution in [0.2, 0.25) is 0 Å². The minimum Gasteiger partial charge on any atom is -0.469 e. The van der Waals surface area contributed by atoms with E-state index in [1.54, 1.807) is 24.3 Å². The van der Waals surface area contributed by atoms with Gasteiger partial charge in [0.25, 0.3) is 0 Å². The highest BCUT2D eigenvalue weighted by Gasteiger charge is 2.10. The van der Waals surface area contributed by atoms with Gasteiger partial charge in [0.1, 0.15) is 0 Å². The Morgan fingerprint density at radius 3 is 2.65 bits per heavy atom. The number of carbonyl (C=O) groups excluding carboxylic acids is 2. The second kappa shape index (κ2) is 8.29. The van der Waals surface area contributed by atoms with Crippen molar-refractivity contribution < 1.29 is 14.3 Å². The topological polar surface area (TPSA) is 55.4 Å². The van der Waals surface area contributed by atoms with E-state index in [-0.39, 0.29) is 24.3 Å². The molecule has 4 nitrogen and oxygen atoms in total. The van der Waals surface area contributed by atoms with E-state index >= 15 is 0 Å². The SMILES string of the molecule is COC(=O)CC(C)NC(=O)/C=C/c1ccc(-c2ccccc2)s1. The molecule has 0 saturated carbocycles. The van der Waals surface area contributed by atoms with E-state index in [1.807, 2.05) is 30.3 Å². The molecule has 0 aliphatic heterocycles. The van der Waals surface area contributed by atoms with Gasteiger partial charge in [0.15, 0.2) is 0 Å². The van der Waals surface area contributed by atoms with Gasteiger partial charge in [0, 0.05) is 21.9 Å². The average molecular weight is 329 g/mol. The van der Waals surface area contributed by atoms with Crippen molar-refractivity contribution in [1.29, 1.82) is 0 Å². The van der Waals surface area contributed by atoms with Crippen LogP contribution in [0.25, 0.3) is 16.5 Å². The van der Waals surface area contributed by atoms with Gasteiger partial charge in [0.2, 0.25) is 5.91 Å². The monoisotopic (exact) mass is 329 g/mol. The predicted octanol–water partition coefficient (Wildman–Crippen LogP) is 3.50. The van der Waals surface area contributed by atoms with Gasteiger partial charge in [-0.15, -0.1) is 11.3 Å². The Bertz CT molecular complexity index is 691. The first-order chi connectivity index (χ1) is 11.1. The summed E-state index contributed by atoms with van der Waals surface area (Å²) in [4.78, 5) is 25.1. The molecule has 0 fully saturated rings. The molecule has 1 aromatic carbocycles. The number of carbonyl (C=O) groups is 2. The van der Waals surface area contributed by atoms with Crippen LogP contribution in [-0.2, 0) is 14.3 Å². The molecule has 0 bridgehead atoms. The normalized spacial score (nSPS) is 12.1. The van der Waals surface area contributed by atoms with Crippen molar-refractivity contribution in [2.24, 2.45) is 0 Å². The maximum atomic E-state index is 11.8. The minimum absolute atomic E-state index is 0.160. The Labute approximate surface area is 139 Å². The summed E-state index contributed by atoms with van der Waals surface area (Å²) < 4.78 is 4.57. The highest BCUT2D eigenvalue weighted by Crippen LogP contribution is 2.28. The lowest BCUT2D eigenvalue weighted by atomic mass is 10.2. The molecule has 1 atom stereocenters. The van der Waals surface area contributed by atoms with Gasteiger partial charge in [-0.2, -0.15) is 0 Å². The van der Waals surface area contributed by atoms with Gasteiger partial charge >= 0.3 is 5.97 Å². The average Bonchev–Trinajstić information content (AvgIpc) is 3.02. The van der Waals surface area contributed by atoms with Gasteiger partial charge in [-0.25, -0.2) is 0 Å². The van der Waals surface area contributed by atoms with Crippen LogP contribution >= 0.6 is 11.3 Å². The molecule has 0 saturated heterocycles. The number of esters is 1. The first-order valence-corrected chi connectivity index (χ1v) is 8.11. The standard InChI is InChI=1S/C18H19NO3S/c1-13(12-18(21)22-2)19-17(20)11-9-15-8-10-16(23-15)14-6-4-3-5-7-14/h3-11,13H,12H2,1-2H3,(H,19,20)/b11-9+. The fourth-order valence-corrected chi connectivity index (χ4v) is 2.95. The maximum Gasteiger partial charge on any atom is 0.307 e. The number of thiophene rings is 1. The quantitative estimate of drug-likeness (QED) is 0.652. The molecule has 0 aliphatic carbocycles. The van der Waals surface area contributed by atoms with Crippen LogP contribution in [0.3, 0.4) is 0 Å². The Hall–Kier alpha value is -2.40. The van der Waals surface area contributed by atoms with E-state index in [4.69, 9.17) is 0 Å². The zero-order valence-corrected chi connectivity index (χ0v) is 13.9. The zero-order valence-electron chi connectivity index (χ0n) is 13.1. The number of nitrogens with one attached hydrogen (secondary N) is 1. The van der Waals surface area contributed by atoms with Crippen molar-refractivity contribution in [2.45, 2.75) is 19.4 Å². The van der Waals surface area contributed by atoms with Crippen LogP contribution in [0.5, 0.6) is 0 Å². The first kappa shape index (κ1) is 17.0. The van der Waals surface area contributed by atoms with Crippen LogP contribution in [0.4, 0.5) is 0 Å². The van der Waals surface area contributed by atoms with E-state index in [0.29, 0.717) is 0 Å². The number of hydrogen-bond acceptors (Lipinski definition) is 4. The Morgan fingerprint density at radius 2 is 1.96 bits per heavy atom. The van der Waals surface area contributed by atoms with Crippen molar-refractivity contribution in [3.05, 3.63) is 53.4 Å². The molecule has 2 rings (SSSR count). The van der Waals surface area contributed by atoms with Crippen LogP contribution in [0.15, 0.2) is 48.5 Å². The molecule has 2 aromatic rings. The molecule has 120 valence electrons. The molecular weight excluding hydrogens is 310 g/mol. The lowest BCUT2D eigenvalue weighted by Crippen LogP contribution is -2.33. The van der Waals surface area contributed by atoms with Crippen molar-refractivity contribution in [1.82, 2.24) is 5.32 Å². The zero-order chi connectivity index (χ0) is 16.7. The van der Waals surface area contributed by atoms with Crippen LogP contribution in [0, 0.1) is 0 Å². The fraction of sp³-hybridized carbons (Fsp3) is 0.222. The predicted molar refractivity (Wildman–Crippen MR) is 93.0 cm³/mol. The Morgan fingerprint density at radius 1 is 1.22 bits per heavy atom. The van der Waals surface area contributed by atoms with E-state index < -0.39 is 0 Å². The number of ether oxygens (including phenoxy) is 1.